The number of esters is 3. The molecule has 0 radical (unpaired) electrons. The van der Waals surface area contributed by atoms with Crippen LogP contribution in [0.5, 0.6) is 0 Å². The molecule has 0 aliphatic carbocycles. The summed E-state index contributed by atoms with van der Waals surface area (Å²) in [6, 6.07) is 2.11. The van der Waals surface area contributed by atoms with Crippen molar-refractivity contribution in [2.24, 2.45) is 5.11 Å². The molecular weight excluding hydrogens is 466 g/mol. The average molecular weight is 484 g/mol. The van der Waals surface area contributed by atoms with Gasteiger partial charge in [-0.25, -0.2) is 4.98 Å². The van der Waals surface area contributed by atoms with Crippen molar-refractivity contribution in [3.05, 3.63) is 33.4 Å². The molecule has 5 atom stereocenters. The van der Waals surface area contributed by atoms with Crippen LogP contribution in [-0.4, -0.2) is 59.3 Å². The van der Waals surface area contributed by atoms with Crippen LogP contribution >= 0.6 is 23.4 Å². The van der Waals surface area contributed by atoms with Gasteiger partial charge in [0, 0.05) is 36.8 Å². The maximum absolute atomic E-state index is 11.8. The normalized spacial score (nSPS) is 24.4. The molecule has 0 amide bonds. The van der Waals surface area contributed by atoms with Gasteiger partial charge in [0.1, 0.15) is 42.5 Å². The van der Waals surface area contributed by atoms with Gasteiger partial charge in [0.25, 0.3) is 0 Å². The second-order valence-electron chi connectivity index (χ2n) is 6.42. The first kappa shape index (κ1) is 25.2. The lowest BCUT2D eigenvalue weighted by Gasteiger charge is -2.43. The number of carbonyl (C=O) groups is 3. The monoisotopic (exact) mass is 483 g/mol. The summed E-state index contributed by atoms with van der Waals surface area (Å²) in [5, 5.41) is 12.8. The van der Waals surface area contributed by atoms with E-state index < -0.39 is 47.7 Å². The van der Waals surface area contributed by atoms with Crippen molar-refractivity contribution in [2.75, 3.05) is 6.61 Å². The van der Waals surface area contributed by atoms with Crippen molar-refractivity contribution in [3.8, 4) is 6.07 Å². The van der Waals surface area contributed by atoms with Gasteiger partial charge < -0.3 is 18.9 Å². The molecule has 12 nitrogen and oxygen atoms in total. The number of pyridine rings is 1. The van der Waals surface area contributed by atoms with E-state index in [0.717, 1.165) is 25.6 Å². The molecule has 2 rings (SSSR count). The number of azide groups is 1. The van der Waals surface area contributed by atoms with Crippen LogP contribution in [0.3, 0.4) is 0 Å². The van der Waals surface area contributed by atoms with Gasteiger partial charge in [-0.2, -0.15) is 5.26 Å². The summed E-state index contributed by atoms with van der Waals surface area (Å²) in [6.07, 6.45) is -2.05. The first-order valence-corrected chi connectivity index (χ1v) is 10.3. The second kappa shape index (κ2) is 11.5. The van der Waals surface area contributed by atoms with Crippen molar-refractivity contribution in [1.29, 1.82) is 5.26 Å². The van der Waals surface area contributed by atoms with Crippen LogP contribution in [0.25, 0.3) is 10.4 Å². The number of thioether (sulfide) groups is 1. The number of nitrogens with zero attached hydrogens (tertiary/aromatic N) is 5. The average Bonchev–Trinajstić information content (AvgIpc) is 2.70. The first-order valence-electron chi connectivity index (χ1n) is 9.06. The largest absolute Gasteiger partial charge is 0.463 e. The molecule has 2 unspecified atom stereocenters. The Morgan fingerprint density at radius 1 is 1.28 bits per heavy atom. The number of halogens is 1. The van der Waals surface area contributed by atoms with Crippen molar-refractivity contribution in [3.63, 3.8) is 0 Å². The predicted molar refractivity (Wildman–Crippen MR) is 109 cm³/mol. The van der Waals surface area contributed by atoms with Gasteiger partial charge in [0.2, 0.25) is 0 Å². The Hall–Kier alpha value is -3.04. The third-order valence-electron chi connectivity index (χ3n) is 4.03. The Morgan fingerprint density at radius 3 is 2.47 bits per heavy atom. The quantitative estimate of drug-likeness (QED) is 0.184. The van der Waals surface area contributed by atoms with Crippen LogP contribution < -0.4 is 0 Å². The van der Waals surface area contributed by atoms with Crippen LogP contribution in [0.15, 0.2) is 22.3 Å². The predicted octanol–water partition coefficient (Wildman–Crippen LogP) is 2.53. The zero-order valence-electron chi connectivity index (χ0n) is 17.1. The fourth-order valence-electron chi connectivity index (χ4n) is 2.87. The van der Waals surface area contributed by atoms with Crippen LogP contribution in [0, 0.1) is 11.3 Å². The maximum Gasteiger partial charge on any atom is 0.303 e. The summed E-state index contributed by atoms with van der Waals surface area (Å²) >= 11 is 7.05. The smallest absolute Gasteiger partial charge is 0.303 e. The number of aromatic nitrogens is 1. The third-order valence-corrected chi connectivity index (χ3v) is 5.43. The van der Waals surface area contributed by atoms with E-state index >= 15 is 0 Å². The van der Waals surface area contributed by atoms with E-state index in [9.17, 15) is 14.4 Å². The number of ether oxygens (including phenoxy) is 4. The molecule has 0 bridgehead atoms. The minimum atomic E-state index is -1.20. The Morgan fingerprint density at radius 2 is 1.94 bits per heavy atom. The van der Waals surface area contributed by atoms with Crippen molar-refractivity contribution >= 4 is 41.3 Å². The molecule has 1 aromatic heterocycles. The van der Waals surface area contributed by atoms with Gasteiger partial charge in [0.05, 0.1) is 5.02 Å². The molecular formula is C18H18ClN5O7S. The molecule has 1 saturated heterocycles. The molecule has 0 saturated carbocycles. The molecule has 1 aliphatic heterocycles. The molecule has 1 fully saturated rings. The van der Waals surface area contributed by atoms with Gasteiger partial charge in [-0.05, 0) is 11.6 Å². The summed E-state index contributed by atoms with van der Waals surface area (Å²) in [7, 11) is 0. The van der Waals surface area contributed by atoms with Crippen molar-refractivity contribution < 1.29 is 33.3 Å². The highest BCUT2D eigenvalue weighted by Crippen LogP contribution is 2.38. The second-order valence-corrected chi connectivity index (χ2v) is 8.00. The highest BCUT2D eigenvalue weighted by atomic mass is 35.5. The van der Waals surface area contributed by atoms with Gasteiger partial charge in [0.15, 0.2) is 5.69 Å². The Bertz CT molecular complexity index is 981. The standard InChI is InChI=1S/C18H18ClN5O7S/c1-8(25)28-7-14-16(29-9(2)26)15(23-24-21)17(30-10(3)27)18(31-14)32-11-4-12(19)13(5-20)22-6-11/h4,6,14-18H,7H2,1-3H3/t14?,15-,16-,17?,18+/m0/s1. The van der Waals surface area contributed by atoms with E-state index in [1.165, 1.54) is 19.2 Å². The van der Waals surface area contributed by atoms with Crippen LogP contribution in [0.4, 0.5) is 0 Å². The highest BCUT2D eigenvalue weighted by Gasteiger charge is 2.50. The summed E-state index contributed by atoms with van der Waals surface area (Å²) in [4.78, 5) is 41.9. The lowest BCUT2D eigenvalue weighted by atomic mass is 9.97. The minimum absolute atomic E-state index is 0.0201. The van der Waals surface area contributed by atoms with E-state index in [4.69, 9.17) is 41.3 Å². The van der Waals surface area contributed by atoms with Gasteiger partial charge in [-0.3, -0.25) is 14.4 Å². The number of hydrogen-bond donors (Lipinski definition) is 0. The molecule has 32 heavy (non-hydrogen) atoms. The molecule has 0 N–H and O–H groups in total. The van der Waals surface area contributed by atoms with E-state index in [-0.39, 0.29) is 17.3 Å². The van der Waals surface area contributed by atoms with E-state index in [0.29, 0.717) is 4.90 Å². The fraction of sp³-hybridized carbons (Fsp3) is 0.500. The fourth-order valence-corrected chi connectivity index (χ4v) is 4.26. The molecule has 0 aromatic carbocycles. The molecule has 0 spiro atoms. The topological polar surface area (TPSA) is 174 Å². The number of carbonyl (C=O) groups excluding carboxylic acids is 3. The maximum atomic E-state index is 11.8. The van der Waals surface area contributed by atoms with Crippen LogP contribution in [0.1, 0.15) is 26.5 Å². The Labute approximate surface area is 191 Å². The summed E-state index contributed by atoms with van der Waals surface area (Å²) in [5.74, 6) is -2.01. The summed E-state index contributed by atoms with van der Waals surface area (Å²) < 4.78 is 21.6. The van der Waals surface area contributed by atoms with E-state index in [1.807, 2.05) is 6.07 Å². The lowest BCUT2D eigenvalue weighted by molar-refractivity contribution is -0.201. The Balaban J connectivity index is 2.46. The summed E-state index contributed by atoms with van der Waals surface area (Å²) in [6.45, 7) is 3.16. The number of rotatable bonds is 7. The SMILES string of the molecule is CC(=O)OCC1O[C@H](Sc2cnc(C#N)c(Cl)c2)C(OC(C)=O)[C@@H](N=[N+]=[N-])[C@H]1OC(C)=O. The van der Waals surface area contributed by atoms with Gasteiger partial charge in [-0.15, -0.1) is 0 Å². The number of nitriles is 1. The minimum Gasteiger partial charge on any atom is -0.463 e. The lowest BCUT2D eigenvalue weighted by Crippen LogP contribution is -2.59. The highest BCUT2D eigenvalue weighted by molar-refractivity contribution is 7.99. The molecule has 1 aromatic rings. The zero-order valence-corrected chi connectivity index (χ0v) is 18.7. The van der Waals surface area contributed by atoms with E-state index in [2.05, 4.69) is 15.0 Å². The number of hydrogen-bond acceptors (Lipinski definition) is 11. The summed E-state index contributed by atoms with van der Waals surface area (Å²) in [5.41, 5.74) is 8.11. The van der Waals surface area contributed by atoms with Crippen molar-refractivity contribution in [2.45, 2.75) is 55.5 Å². The first-order chi connectivity index (χ1) is 15.2. The van der Waals surface area contributed by atoms with Gasteiger partial charge >= 0.3 is 17.9 Å². The van der Waals surface area contributed by atoms with Gasteiger partial charge in [-0.1, -0.05) is 28.5 Å². The van der Waals surface area contributed by atoms with Crippen LogP contribution in [0.2, 0.25) is 5.02 Å². The third kappa shape index (κ3) is 6.73. The molecule has 1 aliphatic rings. The Kier molecular flexibility index (Phi) is 9.10. The molecule has 170 valence electrons. The van der Waals surface area contributed by atoms with Crippen molar-refractivity contribution in [1.82, 2.24) is 4.98 Å². The zero-order chi connectivity index (χ0) is 23.8. The molecule has 14 heteroatoms. The molecule has 2 heterocycles. The van der Waals surface area contributed by atoms with E-state index in [1.54, 1.807) is 0 Å². The van der Waals surface area contributed by atoms with Crippen LogP contribution in [-0.2, 0) is 33.3 Å².